The Hall–Kier alpha value is -1.40. The second kappa shape index (κ2) is 5.10. The van der Waals surface area contributed by atoms with Crippen molar-refractivity contribution in [2.24, 2.45) is 5.41 Å². The molecule has 1 saturated heterocycles. The Kier molecular flexibility index (Phi) is 3.53. The molecule has 7 heteroatoms. The molecule has 1 aliphatic heterocycles. The molecule has 1 N–H and O–H groups in total. The first-order valence-corrected chi connectivity index (χ1v) is 8.03. The van der Waals surface area contributed by atoms with Gasteiger partial charge in [-0.15, -0.1) is 11.3 Å². The molecule has 1 fully saturated rings. The summed E-state index contributed by atoms with van der Waals surface area (Å²) >= 11 is 7.66. The van der Waals surface area contributed by atoms with E-state index in [1.807, 2.05) is 13.8 Å². The number of carbonyl (C=O) groups excluding carboxylic acids is 1. The molecule has 0 bridgehead atoms. The molecule has 2 aromatic heterocycles. The van der Waals surface area contributed by atoms with E-state index >= 15 is 0 Å². The minimum absolute atomic E-state index is 0.0721. The largest absolute Gasteiger partial charge is 0.359 e. The molecule has 1 aliphatic rings. The predicted molar refractivity (Wildman–Crippen MR) is 86.2 cm³/mol. The average molecular weight is 325 g/mol. The molecule has 2 aromatic rings. The van der Waals surface area contributed by atoms with E-state index in [1.165, 1.54) is 4.88 Å². The number of hydrogen-bond donors (Lipinski definition) is 1. The van der Waals surface area contributed by atoms with Crippen molar-refractivity contribution >= 4 is 44.9 Å². The van der Waals surface area contributed by atoms with Crippen LogP contribution in [-0.4, -0.2) is 36.0 Å². The number of nitrogens with zero attached hydrogens (tertiary/aromatic N) is 3. The number of carbonyl (C=O) groups is 1. The van der Waals surface area contributed by atoms with E-state index in [-0.39, 0.29) is 16.6 Å². The monoisotopic (exact) mass is 324 g/mol. The molecule has 21 heavy (non-hydrogen) atoms. The van der Waals surface area contributed by atoms with Crippen molar-refractivity contribution in [1.29, 1.82) is 0 Å². The van der Waals surface area contributed by atoms with E-state index in [9.17, 15) is 4.79 Å². The Labute approximate surface area is 132 Å². The van der Waals surface area contributed by atoms with Gasteiger partial charge < -0.3 is 10.2 Å². The third kappa shape index (κ3) is 2.46. The van der Waals surface area contributed by atoms with Crippen LogP contribution in [-0.2, 0) is 4.79 Å². The summed E-state index contributed by atoms with van der Waals surface area (Å²) in [7, 11) is 1.68. The van der Waals surface area contributed by atoms with E-state index in [2.05, 4.69) is 26.3 Å². The summed E-state index contributed by atoms with van der Waals surface area (Å²) in [5.74, 6) is 0.907. The third-order valence-corrected chi connectivity index (χ3v) is 5.13. The molecular formula is C14H17ClN4OS. The molecule has 0 radical (unpaired) electrons. The molecule has 3 rings (SSSR count). The molecule has 3 heterocycles. The van der Waals surface area contributed by atoms with Crippen LogP contribution < -0.4 is 10.2 Å². The van der Waals surface area contributed by atoms with E-state index in [4.69, 9.17) is 11.6 Å². The van der Waals surface area contributed by atoms with Gasteiger partial charge in [-0.05, 0) is 37.9 Å². The number of fused-ring (bicyclic) bond motifs is 1. The zero-order valence-corrected chi connectivity index (χ0v) is 13.8. The normalized spacial score (nSPS) is 22.0. The second-order valence-electron chi connectivity index (χ2n) is 5.70. The van der Waals surface area contributed by atoms with Crippen LogP contribution in [0, 0.1) is 12.3 Å². The van der Waals surface area contributed by atoms with Crippen LogP contribution in [0.5, 0.6) is 0 Å². The number of hydrogen-bond acceptors (Lipinski definition) is 5. The minimum atomic E-state index is -0.385. The van der Waals surface area contributed by atoms with Crippen LogP contribution in [0.4, 0.5) is 5.82 Å². The fourth-order valence-corrected chi connectivity index (χ4v) is 3.96. The van der Waals surface area contributed by atoms with Gasteiger partial charge in [0.15, 0.2) is 0 Å². The summed E-state index contributed by atoms with van der Waals surface area (Å²) in [6, 6.07) is 2.08. The first kappa shape index (κ1) is 14.5. The number of thiophene rings is 1. The molecule has 1 unspecified atom stereocenters. The molecule has 5 nitrogen and oxygen atoms in total. The summed E-state index contributed by atoms with van der Waals surface area (Å²) in [6.45, 7) is 5.47. The topological polar surface area (TPSA) is 58.1 Å². The number of aromatic nitrogens is 2. The summed E-state index contributed by atoms with van der Waals surface area (Å²) in [4.78, 5) is 25.0. The number of aryl methyl sites for hydroxylation is 1. The highest BCUT2D eigenvalue weighted by Crippen LogP contribution is 2.37. The molecule has 0 saturated carbocycles. The van der Waals surface area contributed by atoms with Crippen LogP contribution >= 0.6 is 22.9 Å². The Morgan fingerprint density at radius 2 is 2.29 bits per heavy atom. The fourth-order valence-electron chi connectivity index (χ4n) is 2.87. The Morgan fingerprint density at radius 3 is 3.00 bits per heavy atom. The van der Waals surface area contributed by atoms with Gasteiger partial charge in [0.1, 0.15) is 10.6 Å². The predicted octanol–water partition coefficient (Wildman–Crippen LogP) is 2.62. The van der Waals surface area contributed by atoms with Gasteiger partial charge in [0, 0.05) is 25.0 Å². The summed E-state index contributed by atoms with van der Waals surface area (Å²) in [5.41, 5.74) is -0.385. The van der Waals surface area contributed by atoms with Gasteiger partial charge >= 0.3 is 0 Å². The minimum Gasteiger partial charge on any atom is -0.359 e. The third-order valence-electron chi connectivity index (χ3n) is 4.02. The van der Waals surface area contributed by atoms with Gasteiger partial charge in [-0.3, -0.25) is 4.79 Å². The molecule has 0 aromatic carbocycles. The van der Waals surface area contributed by atoms with Crippen molar-refractivity contribution in [2.75, 3.05) is 25.0 Å². The number of anilines is 1. The van der Waals surface area contributed by atoms with Gasteiger partial charge in [0.25, 0.3) is 0 Å². The standard InChI is InChI=1S/C14H17ClN4OS/c1-8-6-9-10(17-13(15)18-11(9)21-8)19-5-4-14(2,7-19)12(20)16-3/h6H,4-5,7H2,1-3H3,(H,16,20). The number of rotatable bonds is 2. The molecular weight excluding hydrogens is 308 g/mol. The first-order chi connectivity index (χ1) is 9.93. The van der Waals surface area contributed by atoms with Crippen molar-refractivity contribution in [2.45, 2.75) is 20.3 Å². The van der Waals surface area contributed by atoms with E-state index < -0.39 is 0 Å². The number of nitrogens with one attached hydrogen (secondary N) is 1. The van der Waals surface area contributed by atoms with Crippen molar-refractivity contribution in [3.8, 4) is 0 Å². The maximum atomic E-state index is 12.1. The Balaban J connectivity index is 2.00. The summed E-state index contributed by atoms with van der Waals surface area (Å²) < 4.78 is 0. The highest BCUT2D eigenvalue weighted by Gasteiger charge is 2.40. The first-order valence-electron chi connectivity index (χ1n) is 6.84. The van der Waals surface area contributed by atoms with Gasteiger partial charge in [-0.1, -0.05) is 0 Å². The highest BCUT2D eigenvalue weighted by molar-refractivity contribution is 7.18. The maximum Gasteiger partial charge on any atom is 0.227 e. The summed E-state index contributed by atoms with van der Waals surface area (Å²) in [6.07, 6.45) is 0.804. The second-order valence-corrected chi connectivity index (χ2v) is 7.28. The van der Waals surface area contributed by atoms with Crippen LogP contribution in [0.3, 0.4) is 0 Å². The Bertz CT molecular complexity index is 716. The van der Waals surface area contributed by atoms with Gasteiger partial charge in [0.2, 0.25) is 11.2 Å². The van der Waals surface area contributed by atoms with Crippen molar-refractivity contribution < 1.29 is 4.79 Å². The maximum absolute atomic E-state index is 12.1. The van der Waals surface area contributed by atoms with Crippen molar-refractivity contribution in [3.05, 3.63) is 16.2 Å². The van der Waals surface area contributed by atoms with Crippen LogP contribution in [0.25, 0.3) is 10.2 Å². The number of amides is 1. The van der Waals surface area contributed by atoms with Gasteiger partial charge in [-0.25, -0.2) is 4.98 Å². The van der Waals surface area contributed by atoms with Crippen molar-refractivity contribution in [1.82, 2.24) is 15.3 Å². The number of halogens is 1. The van der Waals surface area contributed by atoms with E-state index in [0.29, 0.717) is 6.54 Å². The molecule has 0 spiro atoms. The SMILES string of the molecule is CNC(=O)C1(C)CCN(c2nc(Cl)nc3sc(C)cc23)C1. The molecule has 0 aliphatic carbocycles. The van der Waals surface area contributed by atoms with E-state index in [1.54, 1.807) is 18.4 Å². The summed E-state index contributed by atoms with van der Waals surface area (Å²) in [5, 5.41) is 4.02. The quantitative estimate of drug-likeness (QED) is 0.863. The average Bonchev–Trinajstić information content (AvgIpc) is 3.00. The van der Waals surface area contributed by atoms with Crippen LogP contribution in [0.1, 0.15) is 18.2 Å². The van der Waals surface area contributed by atoms with Gasteiger partial charge in [-0.2, -0.15) is 4.98 Å². The lowest BCUT2D eigenvalue weighted by Crippen LogP contribution is -2.39. The fraction of sp³-hybridized carbons (Fsp3) is 0.500. The van der Waals surface area contributed by atoms with Gasteiger partial charge in [0.05, 0.1) is 10.8 Å². The molecule has 1 atom stereocenters. The van der Waals surface area contributed by atoms with Crippen LogP contribution in [0.15, 0.2) is 6.07 Å². The lowest BCUT2D eigenvalue weighted by molar-refractivity contribution is -0.128. The van der Waals surface area contributed by atoms with E-state index in [0.717, 1.165) is 29.0 Å². The zero-order valence-electron chi connectivity index (χ0n) is 12.2. The van der Waals surface area contributed by atoms with Crippen molar-refractivity contribution in [3.63, 3.8) is 0 Å². The zero-order chi connectivity index (χ0) is 15.2. The smallest absolute Gasteiger partial charge is 0.227 e. The highest BCUT2D eigenvalue weighted by atomic mass is 35.5. The lowest BCUT2D eigenvalue weighted by atomic mass is 9.89. The lowest BCUT2D eigenvalue weighted by Gasteiger charge is -2.23. The molecule has 1 amide bonds. The Morgan fingerprint density at radius 1 is 1.52 bits per heavy atom. The van der Waals surface area contributed by atoms with Crippen LogP contribution in [0.2, 0.25) is 5.28 Å². The molecule has 112 valence electrons.